The molecule has 0 radical (unpaired) electrons. The summed E-state index contributed by atoms with van der Waals surface area (Å²) in [5.74, 6) is 2.00. The third kappa shape index (κ3) is 7.08. The van der Waals surface area contributed by atoms with Gasteiger partial charge in [-0.2, -0.15) is 0 Å². The SMILES string of the molecule is COc1c(OCCNCCCCC(=O)/C=C/c2ccccc2)ccc2c1N=C(NC(=O)c1cccnc1)N1CCN=C21. The normalized spacial score (nSPS) is 13.7. The number of nitrogens with one attached hydrogen (secondary N) is 2. The molecule has 2 aromatic carbocycles. The highest BCUT2D eigenvalue weighted by Crippen LogP contribution is 2.43. The lowest BCUT2D eigenvalue weighted by Crippen LogP contribution is -2.47. The van der Waals surface area contributed by atoms with Crippen LogP contribution in [0.5, 0.6) is 11.5 Å². The summed E-state index contributed by atoms with van der Waals surface area (Å²) < 4.78 is 11.8. The summed E-state index contributed by atoms with van der Waals surface area (Å²) in [6.45, 7) is 3.07. The van der Waals surface area contributed by atoms with Crippen molar-refractivity contribution >= 4 is 35.2 Å². The summed E-state index contributed by atoms with van der Waals surface area (Å²) in [6.07, 6.45) is 8.89. The minimum atomic E-state index is -0.304. The van der Waals surface area contributed by atoms with Crippen molar-refractivity contribution in [3.8, 4) is 11.5 Å². The average Bonchev–Trinajstić information content (AvgIpc) is 3.53. The van der Waals surface area contributed by atoms with Gasteiger partial charge in [-0.05, 0) is 55.3 Å². The van der Waals surface area contributed by atoms with Gasteiger partial charge in [-0.1, -0.05) is 36.4 Å². The Kier molecular flexibility index (Phi) is 9.69. The molecule has 1 amide bonds. The number of aromatic nitrogens is 1. The second-order valence-corrected chi connectivity index (χ2v) is 9.75. The van der Waals surface area contributed by atoms with Gasteiger partial charge in [0.05, 0.1) is 19.2 Å². The molecular formula is C32H34N6O4. The number of nitrogens with zero attached hydrogens (tertiary/aromatic N) is 4. The fourth-order valence-corrected chi connectivity index (χ4v) is 4.72. The Morgan fingerprint density at radius 1 is 1.05 bits per heavy atom. The number of allylic oxidation sites excluding steroid dienone is 1. The minimum absolute atomic E-state index is 0.135. The third-order valence-electron chi connectivity index (χ3n) is 6.83. The van der Waals surface area contributed by atoms with Gasteiger partial charge < -0.3 is 14.8 Å². The molecule has 10 nitrogen and oxygen atoms in total. The van der Waals surface area contributed by atoms with Crippen LogP contribution in [0.4, 0.5) is 5.69 Å². The Labute approximate surface area is 245 Å². The predicted octanol–water partition coefficient (Wildman–Crippen LogP) is 4.00. The van der Waals surface area contributed by atoms with Crippen LogP contribution in [0.25, 0.3) is 6.08 Å². The number of hydrogen-bond donors (Lipinski definition) is 2. The Hall–Kier alpha value is -4.83. The molecule has 2 aliphatic rings. The summed E-state index contributed by atoms with van der Waals surface area (Å²) >= 11 is 0. The van der Waals surface area contributed by atoms with Crippen LogP contribution >= 0.6 is 0 Å². The van der Waals surface area contributed by atoms with Crippen molar-refractivity contribution in [1.29, 1.82) is 0 Å². The molecule has 0 atom stereocenters. The summed E-state index contributed by atoms with van der Waals surface area (Å²) in [4.78, 5) is 40.3. The molecule has 2 N–H and O–H groups in total. The smallest absolute Gasteiger partial charge is 0.259 e. The van der Waals surface area contributed by atoms with Crippen molar-refractivity contribution in [3.05, 3.63) is 89.8 Å². The molecule has 0 bridgehead atoms. The number of unbranched alkanes of at least 4 members (excludes halogenated alkanes) is 1. The molecule has 0 spiro atoms. The molecule has 2 aliphatic heterocycles. The molecule has 10 heteroatoms. The summed E-state index contributed by atoms with van der Waals surface area (Å²) in [6, 6.07) is 17.0. The first kappa shape index (κ1) is 28.7. The summed E-state index contributed by atoms with van der Waals surface area (Å²) in [7, 11) is 1.57. The van der Waals surface area contributed by atoms with E-state index in [1.54, 1.807) is 31.5 Å². The van der Waals surface area contributed by atoms with Gasteiger partial charge >= 0.3 is 0 Å². The highest BCUT2D eigenvalue weighted by Gasteiger charge is 2.33. The molecule has 42 heavy (non-hydrogen) atoms. The number of methoxy groups -OCH3 is 1. The van der Waals surface area contributed by atoms with Crippen LogP contribution in [0.1, 0.15) is 40.7 Å². The van der Waals surface area contributed by atoms with Crippen molar-refractivity contribution in [1.82, 2.24) is 20.5 Å². The van der Waals surface area contributed by atoms with E-state index in [2.05, 4.69) is 20.6 Å². The molecule has 3 heterocycles. The van der Waals surface area contributed by atoms with Crippen molar-refractivity contribution in [2.75, 3.05) is 39.9 Å². The van der Waals surface area contributed by atoms with E-state index >= 15 is 0 Å². The molecule has 216 valence electrons. The van der Waals surface area contributed by atoms with Gasteiger partial charge in [-0.15, -0.1) is 0 Å². The van der Waals surface area contributed by atoms with E-state index in [0.29, 0.717) is 61.4 Å². The van der Waals surface area contributed by atoms with Gasteiger partial charge in [-0.3, -0.25) is 29.8 Å². The molecule has 0 unspecified atom stereocenters. The number of aliphatic imine (C=N–C) groups is 2. The Morgan fingerprint density at radius 3 is 2.74 bits per heavy atom. The lowest BCUT2D eigenvalue weighted by atomic mass is 10.1. The topological polar surface area (TPSA) is 118 Å². The number of amides is 1. The quantitative estimate of drug-likeness (QED) is 0.237. The number of benzene rings is 2. The monoisotopic (exact) mass is 566 g/mol. The zero-order valence-corrected chi connectivity index (χ0v) is 23.6. The molecule has 0 fully saturated rings. The second-order valence-electron chi connectivity index (χ2n) is 9.75. The number of carbonyl (C=O) groups excluding carboxylic acids is 2. The summed E-state index contributed by atoms with van der Waals surface area (Å²) in [5.41, 5.74) is 2.85. The summed E-state index contributed by atoms with van der Waals surface area (Å²) in [5, 5.41) is 6.26. The molecule has 3 aromatic rings. The average molecular weight is 567 g/mol. The number of hydrogen-bond acceptors (Lipinski definition) is 9. The van der Waals surface area contributed by atoms with Gasteiger partial charge in [-0.25, -0.2) is 4.99 Å². The van der Waals surface area contributed by atoms with Gasteiger partial charge in [0.1, 0.15) is 18.1 Å². The highest BCUT2D eigenvalue weighted by molar-refractivity contribution is 6.20. The van der Waals surface area contributed by atoms with Crippen LogP contribution in [0.2, 0.25) is 0 Å². The fraction of sp³-hybridized carbons (Fsp3) is 0.281. The predicted molar refractivity (Wildman–Crippen MR) is 163 cm³/mol. The largest absolute Gasteiger partial charge is 0.491 e. The highest BCUT2D eigenvalue weighted by atomic mass is 16.5. The van der Waals surface area contributed by atoms with Crippen LogP contribution in [0, 0.1) is 0 Å². The maximum absolute atomic E-state index is 12.8. The van der Waals surface area contributed by atoms with Crippen molar-refractivity contribution in [3.63, 3.8) is 0 Å². The van der Waals surface area contributed by atoms with E-state index in [1.165, 1.54) is 6.20 Å². The van der Waals surface area contributed by atoms with Crippen LogP contribution in [-0.2, 0) is 4.79 Å². The Bertz CT molecular complexity index is 1490. The number of ketones is 1. The molecule has 0 saturated carbocycles. The number of amidine groups is 1. The van der Waals surface area contributed by atoms with Crippen molar-refractivity contribution in [2.24, 2.45) is 9.98 Å². The zero-order valence-electron chi connectivity index (χ0n) is 23.6. The Balaban J connectivity index is 1.12. The molecule has 0 saturated heterocycles. The minimum Gasteiger partial charge on any atom is -0.491 e. The van der Waals surface area contributed by atoms with E-state index in [0.717, 1.165) is 36.3 Å². The first-order valence-corrected chi connectivity index (χ1v) is 14.1. The Morgan fingerprint density at radius 2 is 1.93 bits per heavy atom. The first-order chi connectivity index (χ1) is 20.6. The van der Waals surface area contributed by atoms with E-state index < -0.39 is 0 Å². The lowest BCUT2D eigenvalue weighted by molar-refractivity contribution is -0.114. The lowest BCUT2D eigenvalue weighted by Gasteiger charge is -2.28. The maximum Gasteiger partial charge on any atom is 0.259 e. The third-order valence-corrected chi connectivity index (χ3v) is 6.83. The number of rotatable bonds is 13. The van der Waals surface area contributed by atoms with Crippen LogP contribution in [0.15, 0.2) is 83.1 Å². The second kappa shape index (κ2) is 14.2. The van der Waals surface area contributed by atoms with Crippen molar-refractivity contribution < 1.29 is 19.1 Å². The van der Waals surface area contributed by atoms with Gasteiger partial charge in [0.25, 0.3) is 5.91 Å². The zero-order chi connectivity index (χ0) is 29.1. The van der Waals surface area contributed by atoms with E-state index in [1.807, 2.05) is 53.4 Å². The van der Waals surface area contributed by atoms with Crippen LogP contribution < -0.4 is 20.1 Å². The van der Waals surface area contributed by atoms with E-state index in [4.69, 9.17) is 14.5 Å². The number of ether oxygens (including phenoxy) is 2. The fourth-order valence-electron chi connectivity index (χ4n) is 4.72. The molecule has 5 rings (SSSR count). The van der Waals surface area contributed by atoms with Crippen LogP contribution in [0.3, 0.4) is 0 Å². The first-order valence-electron chi connectivity index (χ1n) is 14.1. The molecular weight excluding hydrogens is 532 g/mol. The van der Waals surface area contributed by atoms with Gasteiger partial charge in [0.2, 0.25) is 5.96 Å². The van der Waals surface area contributed by atoms with E-state index in [-0.39, 0.29) is 11.7 Å². The van der Waals surface area contributed by atoms with E-state index in [9.17, 15) is 9.59 Å². The number of pyridine rings is 1. The van der Waals surface area contributed by atoms with Crippen LogP contribution in [-0.4, -0.2) is 73.3 Å². The number of guanidine groups is 1. The number of carbonyl (C=O) groups is 2. The van der Waals surface area contributed by atoms with Gasteiger partial charge in [0.15, 0.2) is 17.3 Å². The van der Waals surface area contributed by atoms with Gasteiger partial charge in [0, 0.05) is 37.5 Å². The molecule has 0 aliphatic carbocycles. The maximum atomic E-state index is 12.8. The molecule has 1 aromatic heterocycles. The van der Waals surface area contributed by atoms with Crippen molar-refractivity contribution in [2.45, 2.75) is 19.3 Å². The standard InChI is InChI=1S/C32H34N6O4/c1-41-29-27(42-21-19-33-16-6-5-11-25(39)13-12-23-8-3-2-4-9-23)15-14-26-28(29)36-32(38-20-18-35-30(26)38)37-31(40)24-10-7-17-34-22-24/h2-4,7-10,12-15,17,22,33H,5-6,11,16,18-21H2,1H3,(H,36,37,40)/b13-12+. The number of fused-ring (bicyclic) bond motifs is 3.